The average molecular weight is 392 g/mol. The highest BCUT2D eigenvalue weighted by Gasteiger charge is 2.21. The first-order valence-corrected chi connectivity index (χ1v) is 9.68. The summed E-state index contributed by atoms with van der Waals surface area (Å²) in [5.74, 6) is 1.31. The number of anilines is 1. The molecular formula is C20H16N4O3S. The van der Waals surface area contributed by atoms with Crippen molar-refractivity contribution in [3.05, 3.63) is 65.9 Å². The number of benzene rings is 2. The molecule has 0 saturated carbocycles. The molecule has 5 rings (SSSR count). The van der Waals surface area contributed by atoms with Gasteiger partial charge in [-0.15, -0.1) is 11.3 Å². The summed E-state index contributed by atoms with van der Waals surface area (Å²) < 4.78 is 14.4. The molecule has 1 aliphatic rings. The topological polar surface area (TPSA) is 78.3 Å². The Hall–Kier alpha value is -3.39. The molecule has 3 heterocycles. The molecule has 0 bridgehead atoms. The summed E-state index contributed by atoms with van der Waals surface area (Å²) in [6, 6.07) is 13.1. The van der Waals surface area contributed by atoms with Crippen LogP contribution in [0.4, 0.5) is 5.69 Å². The van der Waals surface area contributed by atoms with Gasteiger partial charge < -0.3 is 14.8 Å². The highest BCUT2D eigenvalue weighted by molar-refractivity contribution is 7.16. The molecule has 1 amide bonds. The van der Waals surface area contributed by atoms with Crippen LogP contribution in [-0.4, -0.2) is 33.4 Å². The zero-order valence-electron chi connectivity index (χ0n) is 14.7. The van der Waals surface area contributed by atoms with Crippen molar-refractivity contribution in [3.63, 3.8) is 0 Å². The Kier molecular flexibility index (Phi) is 4.17. The van der Waals surface area contributed by atoms with E-state index in [0.29, 0.717) is 24.4 Å². The minimum atomic E-state index is -0.180. The maximum atomic E-state index is 12.5. The van der Waals surface area contributed by atoms with E-state index in [2.05, 4.69) is 15.4 Å². The van der Waals surface area contributed by atoms with Gasteiger partial charge in [-0.3, -0.25) is 9.48 Å². The summed E-state index contributed by atoms with van der Waals surface area (Å²) in [5, 5.41) is 7.19. The zero-order chi connectivity index (χ0) is 18.9. The zero-order valence-corrected chi connectivity index (χ0v) is 15.6. The summed E-state index contributed by atoms with van der Waals surface area (Å²) in [4.78, 5) is 16.7. The van der Waals surface area contributed by atoms with Crippen molar-refractivity contribution < 1.29 is 14.3 Å². The number of thiazole rings is 1. The predicted octanol–water partition coefficient (Wildman–Crippen LogP) is 3.59. The van der Waals surface area contributed by atoms with Crippen molar-refractivity contribution in [2.24, 2.45) is 0 Å². The minimum Gasteiger partial charge on any atom is -0.486 e. The number of para-hydroxylation sites is 2. The molecule has 2 aromatic heterocycles. The smallest absolute Gasteiger partial charge is 0.255 e. The van der Waals surface area contributed by atoms with E-state index >= 15 is 0 Å². The molecule has 0 fully saturated rings. The lowest BCUT2D eigenvalue weighted by molar-refractivity contribution is 0.0759. The maximum Gasteiger partial charge on any atom is 0.255 e. The van der Waals surface area contributed by atoms with Gasteiger partial charge in [0.05, 0.1) is 34.2 Å². The van der Waals surface area contributed by atoms with Crippen molar-refractivity contribution in [1.29, 1.82) is 0 Å². The Labute approximate surface area is 164 Å². The first-order chi connectivity index (χ1) is 13.7. The van der Waals surface area contributed by atoms with E-state index in [-0.39, 0.29) is 12.0 Å². The number of aromatic nitrogens is 3. The van der Waals surface area contributed by atoms with Crippen LogP contribution in [0.25, 0.3) is 10.2 Å². The van der Waals surface area contributed by atoms with Crippen molar-refractivity contribution in [1.82, 2.24) is 14.8 Å². The van der Waals surface area contributed by atoms with Gasteiger partial charge >= 0.3 is 0 Å². The minimum absolute atomic E-state index is 0.146. The van der Waals surface area contributed by atoms with E-state index in [1.807, 2.05) is 36.4 Å². The van der Waals surface area contributed by atoms with Crippen LogP contribution in [0.5, 0.6) is 11.5 Å². The Bertz CT molecular complexity index is 1150. The standard InChI is InChI=1S/C20H16N4O3S/c25-20(13-5-6-16-19(7-13)28-12-21-16)23-14-8-22-24(9-14)10-15-11-26-17-3-1-2-4-18(17)27-15/h1-9,12,15H,10-11H2,(H,23,25). The number of nitrogens with one attached hydrogen (secondary N) is 1. The molecule has 0 radical (unpaired) electrons. The van der Waals surface area contributed by atoms with Crippen LogP contribution in [0.3, 0.4) is 0 Å². The summed E-state index contributed by atoms with van der Waals surface area (Å²) in [7, 11) is 0. The molecule has 2 aromatic carbocycles. The van der Waals surface area contributed by atoms with Crippen LogP contribution in [-0.2, 0) is 6.54 Å². The predicted molar refractivity (Wildman–Crippen MR) is 106 cm³/mol. The summed E-state index contributed by atoms with van der Waals surface area (Å²) in [6.07, 6.45) is 3.26. The monoisotopic (exact) mass is 392 g/mol. The molecule has 0 saturated heterocycles. The Morgan fingerprint density at radius 2 is 2.14 bits per heavy atom. The van der Waals surface area contributed by atoms with E-state index in [1.54, 1.807) is 28.7 Å². The van der Waals surface area contributed by atoms with Crippen molar-refractivity contribution in [3.8, 4) is 11.5 Å². The van der Waals surface area contributed by atoms with Crippen molar-refractivity contribution >= 4 is 33.1 Å². The highest BCUT2D eigenvalue weighted by atomic mass is 32.1. The van der Waals surface area contributed by atoms with Crippen molar-refractivity contribution in [2.45, 2.75) is 12.6 Å². The van der Waals surface area contributed by atoms with E-state index < -0.39 is 0 Å². The average Bonchev–Trinajstić information content (AvgIpc) is 3.36. The normalized spacial score (nSPS) is 15.5. The van der Waals surface area contributed by atoms with Gasteiger partial charge in [0.1, 0.15) is 6.61 Å². The molecule has 8 heteroatoms. The third-order valence-corrected chi connectivity index (χ3v) is 5.23. The van der Waals surface area contributed by atoms with E-state index in [0.717, 1.165) is 21.7 Å². The number of carbonyl (C=O) groups is 1. The lowest BCUT2D eigenvalue weighted by Crippen LogP contribution is -2.33. The number of rotatable bonds is 4. The molecule has 1 N–H and O–H groups in total. The third kappa shape index (κ3) is 3.29. The van der Waals surface area contributed by atoms with Crippen LogP contribution in [0.2, 0.25) is 0 Å². The molecule has 1 unspecified atom stereocenters. The number of ether oxygens (including phenoxy) is 2. The van der Waals surface area contributed by atoms with Crippen LogP contribution >= 0.6 is 11.3 Å². The molecule has 0 spiro atoms. The largest absolute Gasteiger partial charge is 0.486 e. The van der Waals surface area contributed by atoms with E-state index in [9.17, 15) is 4.79 Å². The lowest BCUT2D eigenvalue weighted by atomic mass is 10.2. The number of carbonyl (C=O) groups excluding carboxylic acids is 1. The van der Waals surface area contributed by atoms with Gasteiger partial charge in [0, 0.05) is 11.8 Å². The summed E-state index contributed by atoms with van der Waals surface area (Å²) >= 11 is 1.51. The fourth-order valence-corrected chi connectivity index (χ4v) is 3.81. The second-order valence-corrected chi connectivity index (χ2v) is 7.32. The molecule has 140 valence electrons. The van der Waals surface area contributed by atoms with Crippen molar-refractivity contribution in [2.75, 3.05) is 11.9 Å². The number of amides is 1. The quantitative estimate of drug-likeness (QED) is 0.574. The number of nitrogens with zero attached hydrogens (tertiary/aromatic N) is 3. The maximum absolute atomic E-state index is 12.5. The van der Waals surface area contributed by atoms with Gasteiger partial charge in [-0.05, 0) is 30.3 Å². The number of fused-ring (bicyclic) bond motifs is 2. The van der Waals surface area contributed by atoms with Gasteiger partial charge in [-0.2, -0.15) is 5.10 Å². The molecular weight excluding hydrogens is 376 g/mol. The summed E-state index contributed by atoms with van der Waals surface area (Å²) in [6.45, 7) is 0.977. The van der Waals surface area contributed by atoms with Gasteiger partial charge in [0.2, 0.25) is 0 Å². The first kappa shape index (κ1) is 16.8. The summed E-state index contributed by atoms with van der Waals surface area (Å²) in [5.41, 5.74) is 3.88. The first-order valence-electron chi connectivity index (χ1n) is 8.80. The van der Waals surface area contributed by atoms with Crippen LogP contribution in [0.15, 0.2) is 60.4 Å². The molecule has 0 aliphatic carbocycles. The molecule has 1 atom stereocenters. The Morgan fingerprint density at radius 1 is 1.25 bits per heavy atom. The van der Waals surface area contributed by atoms with Gasteiger partial charge in [0.25, 0.3) is 5.91 Å². The molecule has 7 nitrogen and oxygen atoms in total. The van der Waals surface area contributed by atoms with Crippen LogP contribution in [0.1, 0.15) is 10.4 Å². The fraction of sp³-hybridized carbons (Fsp3) is 0.150. The lowest BCUT2D eigenvalue weighted by Gasteiger charge is -2.26. The molecule has 28 heavy (non-hydrogen) atoms. The number of hydrogen-bond donors (Lipinski definition) is 1. The molecule has 4 aromatic rings. The van der Waals surface area contributed by atoms with Gasteiger partial charge in [-0.25, -0.2) is 4.98 Å². The third-order valence-electron chi connectivity index (χ3n) is 4.44. The molecule has 1 aliphatic heterocycles. The second kappa shape index (κ2) is 6.97. The Balaban J connectivity index is 1.24. The van der Waals surface area contributed by atoms with E-state index in [4.69, 9.17) is 9.47 Å². The second-order valence-electron chi connectivity index (χ2n) is 6.44. The SMILES string of the molecule is O=C(Nc1cnn(CC2COc3ccccc3O2)c1)c1ccc2ncsc2c1. The van der Waals surface area contributed by atoms with Gasteiger partial charge in [-0.1, -0.05) is 12.1 Å². The number of hydrogen-bond acceptors (Lipinski definition) is 6. The van der Waals surface area contributed by atoms with Crippen LogP contribution in [0, 0.1) is 0 Å². The Morgan fingerprint density at radius 3 is 3.07 bits per heavy atom. The van der Waals surface area contributed by atoms with E-state index in [1.165, 1.54) is 11.3 Å². The fourth-order valence-electron chi connectivity index (χ4n) is 3.09. The highest BCUT2D eigenvalue weighted by Crippen LogP contribution is 2.31. The van der Waals surface area contributed by atoms with Crippen LogP contribution < -0.4 is 14.8 Å². The van der Waals surface area contributed by atoms with Gasteiger partial charge in [0.15, 0.2) is 17.6 Å².